The number of halogens is 2. The first-order valence-electron chi connectivity index (χ1n) is 8.30. The smallest absolute Gasteiger partial charge is 0.254 e. The number of aromatic nitrogens is 1. The summed E-state index contributed by atoms with van der Waals surface area (Å²) < 4.78 is 32.3. The molecular formula is C20H16F2N2O2. The molecule has 2 heterocycles. The fourth-order valence-electron chi connectivity index (χ4n) is 3.15. The SMILES string of the molecule is CC(C)N1Cc2cc(-c3cc(-c4ccc(F)cc4F)no3)ccc2C1=O. The van der Waals surface area contributed by atoms with E-state index in [1.807, 2.05) is 19.9 Å². The van der Waals surface area contributed by atoms with Crippen molar-refractivity contribution in [3.8, 4) is 22.6 Å². The van der Waals surface area contributed by atoms with Gasteiger partial charge >= 0.3 is 0 Å². The Labute approximate surface area is 149 Å². The van der Waals surface area contributed by atoms with Gasteiger partial charge < -0.3 is 9.42 Å². The van der Waals surface area contributed by atoms with Gasteiger partial charge in [0.15, 0.2) is 5.76 Å². The van der Waals surface area contributed by atoms with Crippen LogP contribution < -0.4 is 0 Å². The maximum absolute atomic E-state index is 13.9. The molecule has 3 aromatic rings. The van der Waals surface area contributed by atoms with Crippen molar-refractivity contribution in [1.82, 2.24) is 10.1 Å². The molecule has 132 valence electrons. The van der Waals surface area contributed by atoms with Crippen molar-refractivity contribution in [3.05, 3.63) is 65.2 Å². The van der Waals surface area contributed by atoms with E-state index in [9.17, 15) is 13.6 Å². The number of carbonyl (C=O) groups is 1. The van der Waals surface area contributed by atoms with Crippen LogP contribution in [0.2, 0.25) is 0 Å². The molecule has 0 bridgehead atoms. The van der Waals surface area contributed by atoms with E-state index in [0.717, 1.165) is 17.2 Å². The minimum atomic E-state index is -0.697. The molecule has 1 aromatic heterocycles. The molecule has 4 rings (SSSR count). The van der Waals surface area contributed by atoms with Gasteiger partial charge in [0, 0.05) is 41.4 Å². The second-order valence-corrected chi connectivity index (χ2v) is 6.60. The Morgan fingerprint density at radius 1 is 1.08 bits per heavy atom. The van der Waals surface area contributed by atoms with E-state index < -0.39 is 11.6 Å². The van der Waals surface area contributed by atoms with Crippen molar-refractivity contribution in [2.75, 3.05) is 0 Å². The van der Waals surface area contributed by atoms with Crippen LogP contribution >= 0.6 is 0 Å². The number of carbonyl (C=O) groups excluding carboxylic acids is 1. The maximum Gasteiger partial charge on any atom is 0.254 e. The molecule has 26 heavy (non-hydrogen) atoms. The van der Waals surface area contributed by atoms with Gasteiger partial charge in [0.25, 0.3) is 5.91 Å². The first kappa shape index (κ1) is 16.4. The summed E-state index contributed by atoms with van der Waals surface area (Å²) in [5.74, 6) is -0.861. The first-order chi connectivity index (χ1) is 12.4. The molecule has 0 N–H and O–H groups in total. The molecule has 4 nitrogen and oxygen atoms in total. The lowest BCUT2D eigenvalue weighted by Gasteiger charge is -2.19. The average Bonchev–Trinajstić information content (AvgIpc) is 3.20. The van der Waals surface area contributed by atoms with Crippen LogP contribution in [-0.4, -0.2) is 22.0 Å². The minimum Gasteiger partial charge on any atom is -0.356 e. The van der Waals surface area contributed by atoms with Gasteiger partial charge in [-0.05, 0) is 43.7 Å². The molecule has 0 unspecified atom stereocenters. The number of nitrogens with zero attached hydrogens (tertiary/aromatic N) is 2. The van der Waals surface area contributed by atoms with Gasteiger partial charge in [0.2, 0.25) is 0 Å². The Morgan fingerprint density at radius 3 is 2.58 bits per heavy atom. The number of rotatable bonds is 3. The van der Waals surface area contributed by atoms with Crippen molar-refractivity contribution < 1.29 is 18.1 Å². The highest BCUT2D eigenvalue weighted by molar-refractivity contribution is 5.99. The highest BCUT2D eigenvalue weighted by Gasteiger charge is 2.29. The Kier molecular flexibility index (Phi) is 3.83. The average molecular weight is 354 g/mol. The van der Waals surface area contributed by atoms with Gasteiger partial charge in [-0.15, -0.1) is 0 Å². The highest BCUT2D eigenvalue weighted by Crippen LogP contribution is 2.32. The van der Waals surface area contributed by atoms with Crippen LogP contribution in [0.15, 0.2) is 47.0 Å². The molecule has 0 saturated heterocycles. The zero-order chi connectivity index (χ0) is 18.4. The summed E-state index contributed by atoms with van der Waals surface area (Å²) in [5, 5.41) is 3.89. The number of hydrogen-bond donors (Lipinski definition) is 0. The molecule has 0 aliphatic carbocycles. The third-order valence-electron chi connectivity index (χ3n) is 4.56. The Bertz CT molecular complexity index is 1010. The zero-order valence-corrected chi connectivity index (χ0v) is 14.3. The Balaban J connectivity index is 1.67. The zero-order valence-electron chi connectivity index (χ0n) is 14.3. The molecule has 0 radical (unpaired) electrons. The third-order valence-corrected chi connectivity index (χ3v) is 4.56. The van der Waals surface area contributed by atoms with Crippen LogP contribution in [0.4, 0.5) is 8.78 Å². The van der Waals surface area contributed by atoms with Crippen LogP contribution in [0.25, 0.3) is 22.6 Å². The summed E-state index contributed by atoms with van der Waals surface area (Å²) in [4.78, 5) is 14.2. The molecule has 0 saturated carbocycles. The summed E-state index contributed by atoms with van der Waals surface area (Å²) in [6.45, 7) is 4.50. The van der Waals surface area contributed by atoms with E-state index >= 15 is 0 Å². The van der Waals surface area contributed by atoms with Crippen molar-refractivity contribution >= 4 is 5.91 Å². The van der Waals surface area contributed by atoms with E-state index in [1.165, 1.54) is 12.1 Å². The lowest BCUT2D eigenvalue weighted by Crippen LogP contribution is -2.30. The number of hydrogen-bond acceptors (Lipinski definition) is 3. The number of fused-ring (bicyclic) bond motifs is 1. The monoisotopic (exact) mass is 354 g/mol. The van der Waals surface area contributed by atoms with Crippen molar-refractivity contribution in [1.29, 1.82) is 0 Å². The number of amides is 1. The second kappa shape index (κ2) is 6.05. The van der Waals surface area contributed by atoms with Crippen LogP contribution in [0.5, 0.6) is 0 Å². The van der Waals surface area contributed by atoms with E-state index in [4.69, 9.17) is 4.52 Å². The van der Waals surface area contributed by atoms with Gasteiger partial charge in [0.1, 0.15) is 17.3 Å². The predicted octanol–water partition coefficient (Wildman–Crippen LogP) is 4.65. The maximum atomic E-state index is 13.9. The van der Waals surface area contributed by atoms with Crippen LogP contribution in [0.3, 0.4) is 0 Å². The van der Waals surface area contributed by atoms with Gasteiger partial charge in [-0.2, -0.15) is 0 Å². The van der Waals surface area contributed by atoms with Crippen LogP contribution in [0, 0.1) is 11.6 Å². The molecule has 1 aliphatic rings. The molecule has 1 amide bonds. The summed E-state index contributed by atoms with van der Waals surface area (Å²) >= 11 is 0. The third kappa shape index (κ3) is 2.67. The van der Waals surface area contributed by atoms with E-state index in [2.05, 4.69) is 5.16 Å². The summed E-state index contributed by atoms with van der Waals surface area (Å²) in [6, 6.07) is 10.5. The Hall–Kier alpha value is -3.02. The van der Waals surface area contributed by atoms with Crippen molar-refractivity contribution in [2.24, 2.45) is 0 Å². The fourth-order valence-corrected chi connectivity index (χ4v) is 3.15. The second-order valence-electron chi connectivity index (χ2n) is 6.60. The molecule has 0 fully saturated rings. The van der Waals surface area contributed by atoms with Crippen molar-refractivity contribution in [2.45, 2.75) is 26.4 Å². The molecule has 2 aromatic carbocycles. The quantitative estimate of drug-likeness (QED) is 0.688. The normalized spacial score (nSPS) is 13.6. The summed E-state index contributed by atoms with van der Waals surface area (Å²) in [7, 11) is 0. The predicted molar refractivity (Wildman–Crippen MR) is 92.3 cm³/mol. The van der Waals surface area contributed by atoms with Crippen LogP contribution in [-0.2, 0) is 6.54 Å². The van der Waals surface area contributed by atoms with Crippen LogP contribution in [0.1, 0.15) is 29.8 Å². The van der Waals surface area contributed by atoms with Gasteiger partial charge in [-0.3, -0.25) is 4.79 Å². The molecular weight excluding hydrogens is 338 g/mol. The highest BCUT2D eigenvalue weighted by atomic mass is 19.1. The van der Waals surface area contributed by atoms with E-state index in [0.29, 0.717) is 17.9 Å². The van der Waals surface area contributed by atoms with E-state index in [1.54, 1.807) is 23.1 Å². The largest absolute Gasteiger partial charge is 0.356 e. The molecule has 6 heteroatoms. The van der Waals surface area contributed by atoms with Gasteiger partial charge in [-0.25, -0.2) is 8.78 Å². The molecule has 0 atom stereocenters. The van der Waals surface area contributed by atoms with Crippen molar-refractivity contribution in [3.63, 3.8) is 0 Å². The summed E-state index contributed by atoms with van der Waals surface area (Å²) in [6.07, 6.45) is 0. The standard InChI is InChI=1S/C20H16F2N2O2/c1-11(2)24-10-13-7-12(3-5-15(13)20(24)25)19-9-18(23-26-19)16-6-4-14(21)8-17(16)22/h3-9,11H,10H2,1-2H3. The lowest BCUT2D eigenvalue weighted by atomic mass is 10.0. The van der Waals surface area contributed by atoms with E-state index in [-0.39, 0.29) is 23.2 Å². The number of benzene rings is 2. The molecule has 1 aliphatic heterocycles. The lowest BCUT2D eigenvalue weighted by molar-refractivity contribution is 0.0730. The van der Waals surface area contributed by atoms with Gasteiger partial charge in [-0.1, -0.05) is 11.2 Å². The molecule has 0 spiro atoms. The Morgan fingerprint density at radius 2 is 1.85 bits per heavy atom. The fraction of sp³-hybridized carbons (Fsp3) is 0.200. The van der Waals surface area contributed by atoms with Gasteiger partial charge in [0.05, 0.1) is 0 Å². The summed E-state index contributed by atoms with van der Waals surface area (Å²) in [5.41, 5.74) is 2.82. The minimum absolute atomic E-state index is 0.0215. The topological polar surface area (TPSA) is 46.3 Å². The first-order valence-corrected chi connectivity index (χ1v) is 8.30.